The minimum absolute atomic E-state index is 0.0159. The zero-order valence-electron chi connectivity index (χ0n) is 36.7. The van der Waals surface area contributed by atoms with Gasteiger partial charge in [-0.25, -0.2) is 0 Å². The second-order valence-corrected chi connectivity index (χ2v) is 20.2. The predicted octanol–water partition coefficient (Wildman–Crippen LogP) is 16.1. The van der Waals surface area contributed by atoms with Crippen molar-refractivity contribution in [3.63, 3.8) is 0 Å². The van der Waals surface area contributed by atoms with E-state index in [2.05, 4.69) is 236 Å². The van der Waals surface area contributed by atoms with Crippen LogP contribution in [0.25, 0.3) is 44.5 Å². The van der Waals surface area contributed by atoms with Crippen LogP contribution in [0, 0.1) is 0 Å². The minimum Gasteiger partial charge on any atom is -0.310 e. The summed E-state index contributed by atoms with van der Waals surface area (Å²) in [6.45, 7) is 19.0. The van der Waals surface area contributed by atoms with E-state index in [0.29, 0.717) is 0 Å². The summed E-state index contributed by atoms with van der Waals surface area (Å²) in [7, 11) is 0. The first-order chi connectivity index (χ1) is 29.3. The molecule has 0 N–H and O–H groups in total. The highest BCUT2D eigenvalue weighted by Crippen LogP contribution is 2.65. The molecule has 61 heavy (non-hydrogen) atoms. The van der Waals surface area contributed by atoms with Gasteiger partial charge in [0, 0.05) is 22.5 Å². The van der Waals surface area contributed by atoms with Crippen molar-refractivity contribution in [2.75, 3.05) is 4.90 Å². The molecule has 0 unspecified atom stereocenters. The molecule has 0 saturated carbocycles. The molecule has 0 bridgehead atoms. The van der Waals surface area contributed by atoms with Gasteiger partial charge in [-0.15, -0.1) is 0 Å². The van der Waals surface area contributed by atoms with Crippen LogP contribution in [0.4, 0.5) is 17.1 Å². The minimum atomic E-state index is -0.494. The van der Waals surface area contributed by atoms with Gasteiger partial charge in [0.1, 0.15) is 0 Å². The van der Waals surface area contributed by atoms with E-state index in [1.54, 1.807) is 0 Å². The first kappa shape index (κ1) is 37.6. The monoisotopic (exact) mass is 787 g/mol. The molecule has 0 fully saturated rings. The largest absolute Gasteiger partial charge is 0.310 e. The average Bonchev–Trinajstić information content (AvgIpc) is 3.81. The molecule has 298 valence electrons. The number of fused-ring (bicyclic) bond motifs is 13. The van der Waals surface area contributed by atoms with Crippen LogP contribution in [-0.2, 0) is 21.7 Å². The van der Waals surface area contributed by atoms with Crippen LogP contribution >= 0.6 is 0 Å². The van der Waals surface area contributed by atoms with E-state index in [-0.39, 0.29) is 16.2 Å². The van der Waals surface area contributed by atoms with Crippen molar-refractivity contribution in [2.45, 2.75) is 77.0 Å². The fraction of sp³-hybridized carbons (Fsp3) is 0.200. The Hall–Kier alpha value is -6.44. The van der Waals surface area contributed by atoms with Crippen LogP contribution < -0.4 is 4.90 Å². The van der Waals surface area contributed by atoms with Gasteiger partial charge in [0.2, 0.25) is 0 Å². The Balaban J connectivity index is 1.22. The third-order valence-electron chi connectivity index (χ3n) is 14.1. The predicted molar refractivity (Wildman–Crippen MR) is 258 cm³/mol. The summed E-state index contributed by atoms with van der Waals surface area (Å²) in [5.41, 5.74) is 24.2. The summed E-state index contributed by atoms with van der Waals surface area (Å²) in [5.74, 6) is 0. The second-order valence-electron chi connectivity index (χ2n) is 20.2. The first-order valence-corrected chi connectivity index (χ1v) is 22.0. The van der Waals surface area contributed by atoms with E-state index in [9.17, 15) is 0 Å². The van der Waals surface area contributed by atoms with Gasteiger partial charge >= 0.3 is 0 Å². The lowest BCUT2D eigenvalue weighted by Crippen LogP contribution is -2.30. The van der Waals surface area contributed by atoms with Gasteiger partial charge in [0.05, 0.1) is 5.41 Å². The molecule has 3 aliphatic rings. The SMILES string of the molecule is CC(C)(C)c1cc2c(c(C(C)(C)C)c1)C1(c3ccccc3-c3ccccc31)c1cc(N(c3cccc(-c4ccccc4)c3)c3ccc4c(c3)C(C)(C)c3ccccc3-4)ccc1-2. The lowest BCUT2D eigenvalue weighted by Gasteiger charge is -2.37. The van der Waals surface area contributed by atoms with Crippen molar-refractivity contribution in [1.29, 1.82) is 0 Å². The summed E-state index contributed by atoms with van der Waals surface area (Å²) < 4.78 is 0. The Kier molecular flexibility index (Phi) is 8.02. The van der Waals surface area contributed by atoms with E-state index in [1.807, 2.05) is 0 Å². The maximum Gasteiger partial charge on any atom is 0.0729 e. The van der Waals surface area contributed by atoms with E-state index in [4.69, 9.17) is 0 Å². The van der Waals surface area contributed by atoms with Crippen molar-refractivity contribution < 1.29 is 0 Å². The van der Waals surface area contributed by atoms with E-state index >= 15 is 0 Å². The Morgan fingerprint density at radius 1 is 0.361 bits per heavy atom. The van der Waals surface area contributed by atoms with E-state index in [0.717, 1.165) is 17.1 Å². The summed E-state index contributed by atoms with van der Waals surface area (Å²) in [5, 5.41) is 0. The van der Waals surface area contributed by atoms with Crippen molar-refractivity contribution in [1.82, 2.24) is 0 Å². The van der Waals surface area contributed by atoms with Crippen LogP contribution in [-0.4, -0.2) is 0 Å². The lowest BCUT2D eigenvalue weighted by atomic mass is 9.65. The van der Waals surface area contributed by atoms with Gasteiger partial charge in [0.25, 0.3) is 0 Å². The maximum absolute atomic E-state index is 2.56. The molecule has 0 atom stereocenters. The highest BCUT2D eigenvalue weighted by Gasteiger charge is 2.54. The highest BCUT2D eigenvalue weighted by atomic mass is 15.1. The Labute approximate surface area is 362 Å². The van der Waals surface area contributed by atoms with E-state index < -0.39 is 5.41 Å². The third kappa shape index (κ3) is 5.39. The molecule has 1 heteroatoms. The molecule has 0 aromatic heterocycles. The van der Waals surface area contributed by atoms with Gasteiger partial charge in [0.15, 0.2) is 0 Å². The van der Waals surface area contributed by atoms with Gasteiger partial charge < -0.3 is 4.90 Å². The quantitative estimate of drug-likeness (QED) is 0.172. The molecule has 1 nitrogen and oxygen atoms in total. The molecular weight excluding hydrogens is 735 g/mol. The average molecular weight is 788 g/mol. The third-order valence-corrected chi connectivity index (χ3v) is 14.1. The number of anilines is 3. The summed E-state index contributed by atoms with van der Waals surface area (Å²) in [6.07, 6.45) is 0. The number of hydrogen-bond acceptors (Lipinski definition) is 1. The Morgan fingerprint density at radius 3 is 1.46 bits per heavy atom. The van der Waals surface area contributed by atoms with E-state index in [1.165, 1.54) is 89.0 Å². The molecule has 0 saturated heterocycles. The Bertz CT molecular complexity index is 3030. The van der Waals surface area contributed by atoms with Gasteiger partial charge in [-0.2, -0.15) is 0 Å². The topological polar surface area (TPSA) is 3.24 Å². The normalized spacial score (nSPS) is 14.8. The highest BCUT2D eigenvalue weighted by molar-refractivity contribution is 5.98. The van der Waals surface area contributed by atoms with Gasteiger partial charge in [-0.05, 0) is 136 Å². The molecule has 8 aromatic rings. The van der Waals surface area contributed by atoms with Crippen LogP contribution in [0.3, 0.4) is 0 Å². The molecule has 0 heterocycles. The zero-order chi connectivity index (χ0) is 42.1. The number of nitrogens with zero attached hydrogens (tertiary/aromatic N) is 1. The number of rotatable bonds is 4. The van der Waals surface area contributed by atoms with Crippen LogP contribution in [0.2, 0.25) is 0 Å². The van der Waals surface area contributed by atoms with Crippen molar-refractivity contribution in [3.8, 4) is 44.5 Å². The Morgan fingerprint density at radius 2 is 0.852 bits per heavy atom. The van der Waals surface area contributed by atoms with Crippen molar-refractivity contribution in [2.24, 2.45) is 0 Å². The molecule has 11 rings (SSSR count). The zero-order valence-corrected chi connectivity index (χ0v) is 36.7. The van der Waals surface area contributed by atoms with Gasteiger partial charge in [-0.3, -0.25) is 0 Å². The number of benzene rings is 8. The fourth-order valence-electron chi connectivity index (χ4n) is 11.2. The molecule has 0 amide bonds. The van der Waals surface area contributed by atoms with Gasteiger partial charge in [-0.1, -0.05) is 195 Å². The van der Waals surface area contributed by atoms with Crippen LogP contribution in [0.15, 0.2) is 176 Å². The van der Waals surface area contributed by atoms with Crippen molar-refractivity contribution >= 4 is 17.1 Å². The van der Waals surface area contributed by atoms with Crippen LogP contribution in [0.5, 0.6) is 0 Å². The molecular formula is C60H53N. The smallest absolute Gasteiger partial charge is 0.0729 e. The fourth-order valence-corrected chi connectivity index (χ4v) is 11.2. The molecule has 8 aromatic carbocycles. The van der Waals surface area contributed by atoms with Crippen LogP contribution in [0.1, 0.15) is 99.9 Å². The van der Waals surface area contributed by atoms with Crippen molar-refractivity contribution in [3.05, 3.63) is 220 Å². The molecule has 1 spiro atoms. The summed E-state index contributed by atoms with van der Waals surface area (Å²) >= 11 is 0. The summed E-state index contributed by atoms with van der Waals surface area (Å²) in [4.78, 5) is 2.51. The second kappa shape index (κ2) is 13.0. The molecule has 3 aliphatic carbocycles. The molecule has 0 radical (unpaired) electrons. The molecule has 0 aliphatic heterocycles. The first-order valence-electron chi connectivity index (χ1n) is 22.0. The number of hydrogen-bond donors (Lipinski definition) is 0. The standard InChI is InChI=1S/C60H53N/c1-57(2,3)40-34-49-48-32-30-43(37-54(48)60(56(49)55(35-40)58(4,5)6)51-27-16-13-24-45(51)46-25-14-17-28-52(46)60)61(41-22-18-21-39(33-41)38-19-10-9-11-20-38)42-29-31-47-44-23-12-15-26-50(44)59(7,8)53(47)36-42/h9-37H,1-8H3. The maximum atomic E-state index is 2.56. The lowest BCUT2D eigenvalue weighted by molar-refractivity contribution is 0.558. The summed E-state index contributed by atoms with van der Waals surface area (Å²) in [6, 6.07) is 66.9.